The van der Waals surface area contributed by atoms with Crippen LogP contribution in [0.3, 0.4) is 0 Å². The van der Waals surface area contributed by atoms with Crippen LogP contribution in [0.2, 0.25) is 0 Å². The van der Waals surface area contributed by atoms with Crippen LogP contribution < -0.4 is 0 Å². The molecular weight excluding hydrogens is 841 g/mol. The minimum Gasteiger partial charge on any atom is -0.462 e. The van der Waals surface area contributed by atoms with Gasteiger partial charge in [0.15, 0.2) is 6.10 Å². The van der Waals surface area contributed by atoms with Gasteiger partial charge in [0.1, 0.15) is 13.2 Å². The summed E-state index contributed by atoms with van der Waals surface area (Å²) in [7, 11) is 0. The molecule has 0 spiro atoms. The van der Waals surface area contributed by atoms with E-state index in [-0.39, 0.29) is 31.1 Å². The molecule has 68 heavy (non-hydrogen) atoms. The lowest BCUT2D eigenvalue weighted by Crippen LogP contribution is -2.30. The number of hydrogen-bond donors (Lipinski definition) is 0. The van der Waals surface area contributed by atoms with Crippen LogP contribution in [-0.2, 0) is 28.6 Å². The van der Waals surface area contributed by atoms with Gasteiger partial charge in [-0.3, -0.25) is 14.4 Å². The van der Waals surface area contributed by atoms with Crippen LogP contribution in [0.15, 0.2) is 85.1 Å². The summed E-state index contributed by atoms with van der Waals surface area (Å²) in [5.41, 5.74) is 0. The van der Waals surface area contributed by atoms with E-state index in [4.69, 9.17) is 14.2 Å². The monoisotopic (exact) mass is 947 g/mol. The van der Waals surface area contributed by atoms with Crippen molar-refractivity contribution in [1.82, 2.24) is 0 Å². The van der Waals surface area contributed by atoms with Crippen molar-refractivity contribution >= 4 is 17.9 Å². The standard InChI is InChI=1S/C62H106O6/c1-4-7-10-13-16-19-22-24-25-26-27-28-29-30-31-32-33-34-35-36-37-38-41-43-46-49-52-55-61(64)67-58-59(57-66-60(63)54-51-48-45-42-39-21-18-15-12-9-6-3)68-62(65)56-53-50-47-44-40-23-20-17-14-11-8-5-2/h7,10,16-17,19-20,24-25,27-28,30-31,33-34,59H,4-6,8-9,11-15,18,21-23,26,29,32,35-58H2,1-3H3/b10-7-,19-16-,20-17-,25-24-,28-27-,31-30-,34-33-. The molecule has 0 amide bonds. The molecule has 0 rings (SSSR count). The summed E-state index contributed by atoms with van der Waals surface area (Å²) >= 11 is 0. The minimum absolute atomic E-state index is 0.0801. The Labute approximate surface area is 420 Å². The highest BCUT2D eigenvalue weighted by Crippen LogP contribution is 2.15. The van der Waals surface area contributed by atoms with Gasteiger partial charge in [0.25, 0.3) is 0 Å². The topological polar surface area (TPSA) is 78.9 Å². The fraction of sp³-hybridized carbons (Fsp3) is 0.726. The first-order valence-electron chi connectivity index (χ1n) is 28.6. The summed E-state index contributed by atoms with van der Waals surface area (Å²) in [6, 6.07) is 0. The second kappa shape index (κ2) is 56.2. The van der Waals surface area contributed by atoms with Gasteiger partial charge in [0, 0.05) is 19.3 Å². The molecule has 0 aromatic carbocycles. The van der Waals surface area contributed by atoms with E-state index in [1.165, 1.54) is 116 Å². The number of carbonyl (C=O) groups excluding carboxylic acids is 3. The van der Waals surface area contributed by atoms with Crippen molar-refractivity contribution in [3.63, 3.8) is 0 Å². The molecule has 1 atom stereocenters. The number of ether oxygens (including phenoxy) is 3. The Morgan fingerprint density at radius 3 is 0.941 bits per heavy atom. The van der Waals surface area contributed by atoms with Crippen LogP contribution in [0, 0.1) is 0 Å². The number of allylic oxidation sites excluding steroid dienone is 14. The lowest BCUT2D eigenvalue weighted by molar-refractivity contribution is -0.167. The largest absolute Gasteiger partial charge is 0.462 e. The predicted molar refractivity (Wildman–Crippen MR) is 293 cm³/mol. The average Bonchev–Trinajstić information content (AvgIpc) is 3.34. The number of rotatable bonds is 51. The first kappa shape index (κ1) is 64.6. The molecule has 0 saturated carbocycles. The third-order valence-corrected chi connectivity index (χ3v) is 12.1. The second-order valence-corrected chi connectivity index (χ2v) is 18.8. The molecule has 1 unspecified atom stereocenters. The molecule has 0 fully saturated rings. The third-order valence-electron chi connectivity index (χ3n) is 12.1. The van der Waals surface area contributed by atoms with Gasteiger partial charge in [-0.15, -0.1) is 0 Å². The van der Waals surface area contributed by atoms with Crippen LogP contribution in [-0.4, -0.2) is 37.2 Å². The maximum atomic E-state index is 12.8. The van der Waals surface area contributed by atoms with E-state index >= 15 is 0 Å². The van der Waals surface area contributed by atoms with Gasteiger partial charge in [-0.25, -0.2) is 0 Å². The van der Waals surface area contributed by atoms with Crippen molar-refractivity contribution in [2.24, 2.45) is 0 Å². The smallest absolute Gasteiger partial charge is 0.306 e. The molecule has 0 N–H and O–H groups in total. The quantitative estimate of drug-likeness (QED) is 0.0262. The van der Waals surface area contributed by atoms with Crippen LogP contribution in [0.4, 0.5) is 0 Å². The Morgan fingerprint density at radius 1 is 0.309 bits per heavy atom. The minimum atomic E-state index is -0.781. The molecule has 0 aliphatic heterocycles. The Balaban J connectivity index is 4.25. The molecule has 0 bridgehead atoms. The first-order valence-corrected chi connectivity index (χ1v) is 28.6. The summed E-state index contributed by atoms with van der Waals surface area (Å²) in [5, 5.41) is 0. The van der Waals surface area contributed by atoms with Gasteiger partial charge >= 0.3 is 17.9 Å². The second-order valence-electron chi connectivity index (χ2n) is 18.8. The maximum absolute atomic E-state index is 12.8. The molecule has 0 aliphatic carbocycles. The summed E-state index contributed by atoms with van der Waals surface area (Å²) in [6.07, 6.45) is 72.9. The van der Waals surface area contributed by atoms with Crippen molar-refractivity contribution in [2.75, 3.05) is 13.2 Å². The highest BCUT2D eigenvalue weighted by atomic mass is 16.6. The summed E-state index contributed by atoms with van der Waals surface area (Å²) in [5.74, 6) is -0.895. The number of unbranched alkanes of at least 4 members (excludes halogenated alkanes) is 26. The average molecular weight is 948 g/mol. The number of esters is 3. The molecule has 0 saturated heterocycles. The van der Waals surface area contributed by atoms with Crippen molar-refractivity contribution in [2.45, 2.75) is 277 Å². The van der Waals surface area contributed by atoms with Crippen LogP contribution in [0.25, 0.3) is 0 Å². The highest BCUT2D eigenvalue weighted by Gasteiger charge is 2.19. The SMILES string of the molecule is CC/C=C\C/C=C\C/C=C\C/C=C\C/C=C\C/C=C\CCCCCCCCCCC(=O)OCC(COC(=O)CCCCCCCCCCCCC)OC(=O)CCCCCCC/C=C\CCCCC. The van der Waals surface area contributed by atoms with Gasteiger partial charge < -0.3 is 14.2 Å². The Bertz CT molecular complexity index is 1320. The van der Waals surface area contributed by atoms with Crippen LogP contribution in [0.1, 0.15) is 271 Å². The van der Waals surface area contributed by atoms with Crippen molar-refractivity contribution < 1.29 is 28.6 Å². The predicted octanol–water partition coefficient (Wildman–Crippen LogP) is 19.2. The first-order chi connectivity index (χ1) is 33.5. The molecule has 0 aromatic heterocycles. The van der Waals surface area contributed by atoms with Crippen LogP contribution >= 0.6 is 0 Å². The van der Waals surface area contributed by atoms with Gasteiger partial charge in [0.05, 0.1) is 0 Å². The summed E-state index contributed by atoms with van der Waals surface area (Å²) in [4.78, 5) is 38.0. The summed E-state index contributed by atoms with van der Waals surface area (Å²) in [6.45, 7) is 6.49. The fourth-order valence-electron chi connectivity index (χ4n) is 7.85. The van der Waals surface area contributed by atoms with Crippen molar-refractivity contribution in [3.05, 3.63) is 85.1 Å². The molecule has 0 radical (unpaired) electrons. The van der Waals surface area contributed by atoms with E-state index < -0.39 is 6.10 Å². The van der Waals surface area contributed by atoms with Gasteiger partial charge in [-0.05, 0) is 96.3 Å². The third kappa shape index (κ3) is 53.5. The Morgan fingerprint density at radius 2 is 0.574 bits per heavy atom. The maximum Gasteiger partial charge on any atom is 0.306 e. The summed E-state index contributed by atoms with van der Waals surface area (Å²) < 4.78 is 16.8. The Kier molecular flexibility index (Phi) is 53.4. The van der Waals surface area contributed by atoms with Gasteiger partial charge in [-0.1, -0.05) is 241 Å². The number of carbonyl (C=O) groups is 3. The molecule has 0 heterocycles. The number of hydrogen-bond acceptors (Lipinski definition) is 6. The zero-order chi connectivity index (χ0) is 49.3. The van der Waals surface area contributed by atoms with E-state index in [0.717, 1.165) is 116 Å². The lowest BCUT2D eigenvalue weighted by Gasteiger charge is -2.18. The zero-order valence-corrected chi connectivity index (χ0v) is 44.6. The van der Waals surface area contributed by atoms with Crippen molar-refractivity contribution in [3.8, 4) is 0 Å². The molecular formula is C62H106O6. The zero-order valence-electron chi connectivity index (χ0n) is 44.6. The fourth-order valence-corrected chi connectivity index (χ4v) is 7.85. The van der Waals surface area contributed by atoms with Gasteiger partial charge in [-0.2, -0.15) is 0 Å². The molecule has 0 aliphatic rings. The Hall–Kier alpha value is -3.41. The van der Waals surface area contributed by atoms with E-state index in [9.17, 15) is 14.4 Å². The normalized spacial score (nSPS) is 12.7. The molecule has 6 heteroatoms. The lowest BCUT2D eigenvalue weighted by atomic mass is 10.1. The molecule has 390 valence electrons. The van der Waals surface area contributed by atoms with E-state index in [0.29, 0.717) is 19.3 Å². The molecule has 0 aromatic rings. The van der Waals surface area contributed by atoms with E-state index in [1.807, 2.05) is 0 Å². The van der Waals surface area contributed by atoms with Crippen LogP contribution in [0.5, 0.6) is 0 Å². The van der Waals surface area contributed by atoms with E-state index in [2.05, 4.69) is 106 Å². The van der Waals surface area contributed by atoms with Gasteiger partial charge in [0.2, 0.25) is 0 Å². The highest BCUT2D eigenvalue weighted by molar-refractivity contribution is 5.71. The van der Waals surface area contributed by atoms with E-state index in [1.54, 1.807) is 0 Å². The van der Waals surface area contributed by atoms with Crippen molar-refractivity contribution in [1.29, 1.82) is 0 Å². The molecule has 6 nitrogen and oxygen atoms in total.